The molecule has 90 valence electrons. The molecule has 2 aromatic rings. The van der Waals surface area contributed by atoms with Crippen LogP contribution in [0.15, 0.2) is 23.6 Å². The van der Waals surface area contributed by atoms with Gasteiger partial charge in [0.15, 0.2) is 0 Å². The number of thiophene rings is 1. The summed E-state index contributed by atoms with van der Waals surface area (Å²) in [7, 11) is 0. The van der Waals surface area contributed by atoms with Crippen LogP contribution in [0, 0.1) is 13.8 Å². The maximum atomic E-state index is 6.01. The average Bonchev–Trinajstić information content (AvgIpc) is 2.68. The zero-order valence-corrected chi connectivity index (χ0v) is 11.5. The molecule has 0 aliphatic heterocycles. The molecule has 0 atom stereocenters. The predicted molar refractivity (Wildman–Crippen MR) is 77.0 cm³/mol. The molecule has 0 aliphatic carbocycles. The molecule has 0 unspecified atom stereocenters. The first-order valence-electron chi connectivity index (χ1n) is 5.40. The molecule has 1 aromatic heterocycles. The summed E-state index contributed by atoms with van der Waals surface area (Å²) in [6.07, 6.45) is 0. The minimum absolute atomic E-state index is 0.690. The molecule has 0 amide bonds. The average molecular weight is 267 g/mol. The van der Waals surface area contributed by atoms with Gasteiger partial charge >= 0.3 is 0 Å². The third-order valence-corrected chi connectivity index (χ3v) is 4.17. The van der Waals surface area contributed by atoms with Gasteiger partial charge in [0.1, 0.15) is 0 Å². The topological polar surface area (TPSA) is 38.0 Å². The monoisotopic (exact) mass is 266 g/mol. The summed E-state index contributed by atoms with van der Waals surface area (Å²) in [6.45, 7) is 4.89. The Kier molecular flexibility index (Phi) is 3.60. The van der Waals surface area contributed by atoms with Crippen LogP contribution in [-0.2, 0) is 6.54 Å². The standard InChI is InChI=1S/C13H15ClN2S/c1-8-3-4-17-13(8)7-16-12-5-9(2)10(14)6-11(12)15/h3-6,16H,7,15H2,1-2H3. The summed E-state index contributed by atoms with van der Waals surface area (Å²) in [5, 5.41) is 6.16. The normalized spacial score (nSPS) is 10.5. The van der Waals surface area contributed by atoms with E-state index in [2.05, 4.69) is 23.7 Å². The molecule has 2 nitrogen and oxygen atoms in total. The summed E-state index contributed by atoms with van der Waals surface area (Å²) >= 11 is 7.76. The van der Waals surface area contributed by atoms with Gasteiger partial charge in [-0.1, -0.05) is 11.6 Å². The molecule has 3 N–H and O–H groups in total. The summed E-state index contributed by atoms with van der Waals surface area (Å²) in [5.74, 6) is 0. The minimum Gasteiger partial charge on any atom is -0.397 e. The summed E-state index contributed by atoms with van der Waals surface area (Å²) in [5.41, 5.74) is 9.90. The molecule has 0 bridgehead atoms. The number of nitrogen functional groups attached to an aromatic ring is 1. The van der Waals surface area contributed by atoms with Crippen molar-refractivity contribution in [2.24, 2.45) is 0 Å². The van der Waals surface area contributed by atoms with E-state index in [4.69, 9.17) is 17.3 Å². The third kappa shape index (κ3) is 2.73. The van der Waals surface area contributed by atoms with Gasteiger partial charge in [-0.2, -0.15) is 0 Å². The maximum Gasteiger partial charge on any atom is 0.0580 e. The fourth-order valence-electron chi connectivity index (χ4n) is 1.61. The van der Waals surface area contributed by atoms with Crippen LogP contribution in [0.5, 0.6) is 0 Å². The fraction of sp³-hybridized carbons (Fsp3) is 0.231. The largest absolute Gasteiger partial charge is 0.397 e. The van der Waals surface area contributed by atoms with Gasteiger partial charge in [-0.15, -0.1) is 11.3 Å². The van der Waals surface area contributed by atoms with Gasteiger partial charge in [0, 0.05) is 16.4 Å². The van der Waals surface area contributed by atoms with E-state index in [1.54, 1.807) is 17.4 Å². The Morgan fingerprint density at radius 1 is 1.29 bits per heavy atom. The number of aryl methyl sites for hydroxylation is 2. The summed E-state index contributed by atoms with van der Waals surface area (Å²) in [4.78, 5) is 1.33. The van der Waals surface area contributed by atoms with Crippen molar-refractivity contribution in [1.29, 1.82) is 0 Å². The highest BCUT2D eigenvalue weighted by Gasteiger charge is 2.05. The molecular weight excluding hydrogens is 252 g/mol. The molecule has 0 aliphatic rings. The van der Waals surface area contributed by atoms with Gasteiger partial charge in [-0.3, -0.25) is 0 Å². The highest BCUT2D eigenvalue weighted by Crippen LogP contribution is 2.27. The van der Waals surface area contributed by atoms with Gasteiger partial charge in [-0.25, -0.2) is 0 Å². The first kappa shape index (κ1) is 12.3. The lowest BCUT2D eigenvalue weighted by Gasteiger charge is -2.11. The molecule has 2 rings (SSSR count). The first-order valence-corrected chi connectivity index (χ1v) is 6.66. The van der Waals surface area contributed by atoms with Crippen molar-refractivity contribution in [3.63, 3.8) is 0 Å². The summed E-state index contributed by atoms with van der Waals surface area (Å²) < 4.78 is 0. The number of benzene rings is 1. The Hall–Kier alpha value is -1.19. The summed E-state index contributed by atoms with van der Waals surface area (Å²) in [6, 6.07) is 5.90. The minimum atomic E-state index is 0.690. The number of anilines is 2. The van der Waals surface area contributed by atoms with E-state index in [-0.39, 0.29) is 0 Å². The van der Waals surface area contributed by atoms with Gasteiger partial charge in [-0.05, 0) is 48.6 Å². The van der Waals surface area contributed by atoms with Crippen molar-refractivity contribution >= 4 is 34.3 Å². The van der Waals surface area contributed by atoms with Crippen molar-refractivity contribution in [1.82, 2.24) is 0 Å². The van der Waals surface area contributed by atoms with Crippen molar-refractivity contribution in [3.8, 4) is 0 Å². The Bertz CT molecular complexity index is 534. The van der Waals surface area contributed by atoms with Crippen LogP contribution in [-0.4, -0.2) is 0 Å². The second kappa shape index (κ2) is 4.98. The van der Waals surface area contributed by atoms with Gasteiger partial charge in [0.25, 0.3) is 0 Å². The molecule has 0 saturated carbocycles. The van der Waals surface area contributed by atoms with E-state index in [1.165, 1.54) is 10.4 Å². The fourth-order valence-corrected chi connectivity index (χ4v) is 2.63. The van der Waals surface area contributed by atoms with Crippen LogP contribution in [0.25, 0.3) is 0 Å². The van der Waals surface area contributed by atoms with Crippen molar-refractivity contribution in [2.75, 3.05) is 11.1 Å². The maximum absolute atomic E-state index is 6.01. The second-order valence-electron chi connectivity index (χ2n) is 4.07. The van der Waals surface area contributed by atoms with E-state index in [0.29, 0.717) is 10.7 Å². The number of hydrogen-bond donors (Lipinski definition) is 2. The van der Waals surface area contributed by atoms with E-state index in [0.717, 1.165) is 17.8 Å². The van der Waals surface area contributed by atoms with Gasteiger partial charge < -0.3 is 11.1 Å². The van der Waals surface area contributed by atoms with Crippen LogP contribution in [0.3, 0.4) is 0 Å². The predicted octanol–water partition coefficient (Wildman–Crippen LogP) is 4.21. The molecule has 0 saturated heterocycles. The molecule has 17 heavy (non-hydrogen) atoms. The molecule has 0 radical (unpaired) electrons. The molecule has 1 heterocycles. The third-order valence-electron chi connectivity index (χ3n) is 2.74. The van der Waals surface area contributed by atoms with Gasteiger partial charge in [0.05, 0.1) is 11.4 Å². The quantitative estimate of drug-likeness (QED) is 0.817. The molecule has 0 spiro atoms. The Morgan fingerprint density at radius 3 is 2.71 bits per heavy atom. The first-order chi connectivity index (χ1) is 8.08. The smallest absolute Gasteiger partial charge is 0.0580 e. The number of rotatable bonds is 3. The lowest BCUT2D eigenvalue weighted by molar-refractivity contribution is 1.17. The van der Waals surface area contributed by atoms with Crippen molar-refractivity contribution in [2.45, 2.75) is 20.4 Å². The number of nitrogens with two attached hydrogens (primary N) is 1. The van der Waals surface area contributed by atoms with Crippen molar-refractivity contribution < 1.29 is 0 Å². The Balaban J connectivity index is 2.14. The Morgan fingerprint density at radius 2 is 2.06 bits per heavy atom. The zero-order chi connectivity index (χ0) is 12.4. The van der Waals surface area contributed by atoms with E-state index in [1.807, 2.05) is 13.0 Å². The van der Waals surface area contributed by atoms with Gasteiger partial charge in [0.2, 0.25) is 0 Å². The number of nitrogens with one attached hydrogen (secondary N) is 1. The number of halogens is 1. The molecular formula is C13H15ClN2S. The van der Waals surface area contributed by atoms with Crippen molar-refractivity contribution in [3.05, 3.63) is 44.6 Å². The molecule has 4 heteroatoms. The lowest BCUT2D eigenvalue weighted by Crippen LogP contribution is -2.02. The van der Waals surface area contributed by atoms with Crippen LogP contribution in [0.1, 0.15) is 16.0 Å². The van der Waals surface area contributed by atoms with Crippen LogP contribution < -0.4 is 11.1 Å². The van der Waals surface area contributed by atoms with Crippen LogP contribution in [0.4, 0.5) is 11.4 Å². The highest BCUT2D eigenvalue weighted by atomic mass is 35.5. The second-order valence-corrected chi connectivity index (χ2v) is 5.48. The SMILES string of the molecule is Cc1cc(NCc2sccc2C)c(N)cc1Cl. The van der Waals surface area contributed by atoms with E-state index in [9.17, 15) is 0 Å². The molecule has 1 aromatic carbocycles. The number of hydrogen-bond acceptors (Lipinski definition) is 3. The highest BCUT2D eigenvalue weighted by molar-refractivity contribution is 7.10. The van der Waals surface area contributed by atoms with Crippen LogP contribution in [0.2, 0.25) is 5.02 Å². The zero-order valence-electron chi connectivity index (χ0n) is 9.88. The lowest BCUT2D eigenvalue weighted by atomic mass is 10.2. The molecule has 0 fully saturated rings. The Labute approximate surface area is 110 Å². The van der Waals surface area contributed by atoms with Crippen LogP contribution >= 0.6 is 22.9 Å². The van der Waals surface area contributed by atoms with E-state index >= 15 is 0 Å². The van der Waals surface area contributed by atoms with E-state index < -0.39 is 0 Å².